The molecule has 0 bridgehead atoms. The van der Waals surface area contributed by atoms with Gasteiger partial charge in [-0.2, -0.15) is 0 Å². The normalized spacial score (nSPS) is 19.6. The predicted octanol–water partition coefficient (Wildman–Crippen LogP) is 2.59. The van der Waals surface area contributed by atoms with Crippen molar-refractivity contribution in [1.82, 2.24) is 4.90 Å². The van der Waals surface area contributed by atoms with Gasteiger partial charge in [-0.1, -0.05) is 24.3 Å². The Kier molecular flexibility index (Phi) is 3.08. The molecule has 4 rings (SSSR count). The van der Waals surface area contributed by atoms with Gasteiger partial charge in [-0.15, -0.1) is 0 Å². The van der Waals surface area contributed by atoms with Gasteiger partial charge in [0.1, 0.15) is 11.8 Å². The zero-order valence-corrected chi connectivity index (χ0v) is 12.7. The fraction of sp³-hybridized carbons (Fsp3) is 0.222. The van der Waals surface area contributed by atoms with Gasteiger partial charge in [0.05, 0.1) is 12.8 Å². The van der Waals surface area contributed by atoms with Crippen molar-refractivity contribution < 1.29 is 14.3 Å². The number of methoxy groups -OCH3 is 1. The summed E-state index contributed by atoms with van der Waals surface area (Å²) < 4.78 is 5.12. The number of nitrogens with zero attached hydrogens (tertiary/aromatic N) is 2. The lowest BCUT2D eigenvalue weighted by Gasteiger charge is -2.28. The van der Waals surface area contributed by atoms with Crippen LogP contribution < -0.4 is 9.64 Å². The van der Waals surface area contributed by atoms with E-state index in [1.54, 1.807) is 36.3 Å². The van der Waals surface area contributed by atoms with Gasteiger partial charge in [0.25, 0.3) is 5.91 Å². The average molecular weight is 308 g/mol. The Hall–Kier alpha value is -2.82. The van der Waals surface area contributed by atoms with Gasteiger partial charge in [-0.25, -0.2) is 9.69 Å². The number of imide groups is 1. The standard InChI is InChI=1S/C18H16N2O3/c1-23-15-8-6-14(7-9-15)20-17(21)16-10-12-4-2-3-5-13(12)11-19(16)18(20)22/h2-9,16H,10-11H2,1H3/t16-/m0/s1. The van der Waals surface area contributed by atoms with Gasteiger partial charge in [-0.3, -0.25) is 4.79 Å². The van der Waals surface area contributed by atoms with E-state index in [4.69, 9.17) is 4.74 Å². The van der Waals surface area contributed by atoms with Gasteiger partial charge < -0.3 is 9.64 Å². The molecule has 0 spiro atoms. The van der Waals surface area contributed by atoms with Crippen LogP contribution >= 0.6 is 0 Å². The van der Waals surface area contributed by atoms with Crippen LogP contribution in [0.5, 0.6) is 5.75 Å². The highest BCUT2D eigenvalue weighted by atomic mass is 16.5. The summed E-state index contributed by atoms with van der Waals surface area (Å²) in [4.78, 5) is 28.4. The molecular weight excluding hydrogens is 292 g/mol. The van der Waals surface area contributed by atoms with E-state index in [0.29, 0.717) is 24.4 Å². The first-order valence-electron chi connectivity index (χ1n) is 7.54. The van der Waals surface area contributed by atoms with Crippen LogP contribution in [0.3, 0.4) is 0 Å². The van der Waals surface area contributed by atoms with Crippen molar-refractivity contribution in [2.24, 2.45) is 0 Å². The molecule has 2 aliphatic heterocycles. The summed E-state index contributed by atoms with van der Waals surface area (Å²) in [5.74, 6) is 0.535. The van der Waals surface area contributed by atoms with E-state index in [1.165, 1.54) is 4.90 Å². The summed E-state index contributed by atoms with van der Waals surface area (Å²) >= 11 is 0. The maximum absolute atomic E-state index is 12.7. The third-order valence-electron chi connectivity index (χ3n) is 4.52. The van der Waals surface area contributed by atoms with Crippen molar-refractivity contribution >= 4 is 17.6 Å². The highest BCUT2D eigenvalue weighted by Gasteiger charge is 2.47. The lowest BCUT2D eigenvalue weighted by molar-refractivity contribution is -0.120. The van der Waals surface area contributed by atoms with Crippen LogP contribution in [0.4, 0.5) is 10.5 Å². The number of ether oxygens (including phenoxy) is 1. The number of amides is 3. The number of benzene rings is 2. The maximum Gasteiger partial charge on any atom is 0.332 e. The quantitative estimate of drug-likeness (QED) is 0.801. The summed E-state index contributed by atoms with van der Waals surface area (Å²) in [6.45, 7) is 0.484. The molecule has 116 valence electrons. The van der Waals surface area contributed by atoms with Crippen LogP contribution in [0.15, 0.2) is 48.5 Å². The molecule has 2 aromatic carbocycles. The monoisotopic (exact) mass is 308 g/mol. The van der Waals surface area contributed by atoms with E-state index < -0.39 is 6.04 Å². The molecule has 0 N–H and O–H groups in total. The van der Waals surface area contributed by atoms with Crippen LogP contribution in [-0.2, 0) is 17.8 Å². The summed E-state index contributed by atoms with van der Waals surface area (Å²) in [5.41, 5.74) is 2.84. The molecule has 5 nitrogen and oxygen atoms in total. The Morgan fingerprint density at radius 1 is 1.00 bits per heavy atom. The van der Waals surface area contributed by atoms with Crippen molar-refractivity contribution in [3.63, 3.8) is 0 Å². The Balaban J connectivity index is 1.68. The fourth-order valence-electron chi connectivity index (χ4n) is 3.29. The molecule has 0 aromatic heterocycles. The van der Waals surface area contributed by atoms with E-state index in [9.17, 15) is 9.59 Å². The van der Waals surface area contributed by atoms with Gasteiger partial charge in [-0.05, 0) is 35.4 Å². The fourth-order valence-corrected chi connectivity index (χ4v) is 3.29. The predicted molar refractivity (Wildman–Crippen MR) is 85.4 cm³/mol. The van der Waals surface area contributed by atoms with Gasteiger partial charge in [0, 0.05) is 13.0 Å². The van der Waals surface area contributed by atoms with Crippen molar-refractivity contribution in [1.29, 1.82) is 0 Å². The molecule has 1 fully saturated rings. The Morgan fingerprint density at radius 2 is 1.70 bits per heavy atom. The maximum atomic E-state index is 12.7. The topological polar surface area (TPSA) is 49.9 Å². The summed E-state index contributed by atoms with van der Waals surface area (Å²) in [5, 5.41) is 0. The third kappa shape index (κ3) is 2.08. The zero-order valence-electron chi connectivity index (χ0n) is 12.7. The third-order valence-corrected chi connectivity index (χ3v) is 4.52. The Bertz CT molecular complexity index is 742. The van der Waals surface area contributed by atoms with Gasteiger partial charge in [0.2, 0.25) is 0 Å². The summed E-state index contributed by atoms with van der Waals surface area (Å²) in [6, 6.07) is 14.3. The molecular formula is C18H16N2O3. The van der Waals surface area contributed by atoms with E-state index >= 15 is 0 Å². The second-order valence-corrected chi connectivity index (χ2v) is 5.77. The largest absolute Gasteiger partial charge is 0.497 e. The number of fused-ring (bicyclic) bond motifs is 2. The van der Waals surface area contributed by atoms with Crippen molar-refractivity contribution in [2.75, 3.05) is 12.0 Å². The Morgan fingerprint density at radius 3 is 2.39 bits per heavy atom. The minimum atomic E-state index is -0.403. The van der Waals surface area contributed by atoms with Crippen LogP contribution in [-0.4, -0.2) is 30.0 Å². The minimum Gasteiger partial charge on any atom is -0.497 e. The molecule has 0 saturated carbocycles. The molecule has 23 heavy (non-hydrogen) atoms. The van der Waals surface area contributed by atoms with Crippen LogP contribution in [0.25, 0.3) is 0 Å². The first kappa shape index (κ1) is 13.8. The number of hydrogen-bond acceptors (Lipinski definition) is 3. The lowest BCUT2D eigenvalue weighted by Crippen LogP contribution is -2.39. The molecule has 2 aromatic rings. The van der Waals surface area contributed by atoms with Crippen LogP contribution in [0.2, 0.25) is 0 Å². The highest BCUT2D eigenvalue weighted by Crippen LogP contribution is 2.33. The molecule has 1 saturated heterocycles. The number of anilines is 1. The van der Waals surface area contributed by atoms with E-state index in [0.717, 1.165) is 11.1 Å². The number of carbonyl (C=O) groups is 2. The molecule has 2 aliphatic rings. The van der Waals surface area contributed by atoms with E-state index in [1.807, 2.05) is 24.3 Å². The molecule has 0 unspecified atom stereocenters. The minimum absolute atomic E-state index is 0.158. The molecule has 0 aliphatic carbocycles. The first-order chi connectivity index (χ1) is 11.2. The van der Waals surface area contributed by atoms with Crippen molar-refractivity contribution in [3.05, 3.63) is 59.7 Å². The number of hydrogen-bond donors (Lipinski definition) is 0. The van der Waals surface area contributed by atoms with Crippen molar-refractivity contribution in [3.8, 4) is 5.75 Å². The number of carbonyl (C=O) groups excluding carboxylic acids is 2. The smallest absolute Gasteiger partial charge is 0.332 e. The molecule has 1 atom stereocenters. The lowest BCUT2D eigenvalue weighted by atomic mass is 9.95. The second kappa shape index (κ2) is 5.12. The first-order valence-corrected chi connectivity index (χ1v) is 7.54. The summed E-state index contributed by atoms with van der Waals surface area (Å²) in [6.07, 6.45) is 0.577. The SMILES string of the molecule is COc1ccc(N2C(=O)[C@@H]3Cc4ccccc4CN3C2=O)cc1. The van der Waals surface area contributed by atoms with Crippen LogP contribution in [0.1, 0.15) is 11.1 Å². The van der Waals surface area contributed by atoms with Crippen LogP contribution in [0, 0.1) is 0 Å². The van der Waals surface area contributed by atoms with E-state index in [2.05, 4.69) is 0 Å². The Labute approximate surface area is 134 Å². The molecule has 2 heterocycles. The van der Waals surface area contributed by atoms with Crippen molar-refractivity contribution in [2.45, 2.75) is 19.0 Å². The van der Waals surface area contributed by atoms with Gasteiger partial charge in [0.15, 0.2) is 0 Å². The molecule has 3 amide bonds. The summed E-state index contributed by atoms with van der Waals surface area (Å²) in [7, 11) is 1.58. The molecule has 5 heteroatoms. The van der Waals surface area contributed by atoms with E-state index in [-0.39, 0.29) is 11.9 Å². The highest BCUT2D eigenvalue weighted by molar-refractivity contribution is 6.21. The second-order valence-electron chi connectivity index (χ2n) is 5.77. The molecule has 0 radical (unpaired) electrons. The number of rotatable bonds is 2. The average Bonchev–Trinajstić information content (AvgIpc) is 2.84. The number of urea groups is 1. The zero-order chi connectivity index (χ0) is 16.0. The van der Waals surface area contributed by atoms with Gasteiger partial charge >= 0.3 is 6.03 Å².